The standard InChI is InChI=1S/C22H27NO7S/c1-13-8-16(14(2)31-13)17(24)6-7-22(26)30-12-21(25)23-11-15-9-19(28-4)20(29-5)10-18(15)27-3/h8-10H,6-7,11-12H2,1-5H3,(H,23,25). The molecule has 168 valence electrons. The summed E-state index contributed by atoms with van der Waals surface area (Å²) in [5.41, 5.74) is 1.31. The number of methoxy groups -OCH3 is 3. The van der Waals surface area contributed by atoms with E-state index in [4.69, 9.17) is 18.9 Å². The van der Waals surface area contributed by atoms with Crippen LogP contribution in [0.2, 0.25) is 0 Å². The predicted molar refractivity (Wildman–Crippen MR) is 116 cm³/mol. The Bertz CT molecular complexity index is 952. The third kappa shape index (κ3) is 6.71. The Labute approximate surface area is 185 Å². The van der Waals surface area contributed by atoms with Crippen LogP contribution >= 0.6 is 11.3 Å². The molecule has 0 fully saturated rings. The van der Waals surface area contributed by atoms with Gasteiger partial charge in [0.2, 0.25) is 0 Å². The third-order valence-corrected chi connectivity index (χ3v) is 5.49. The molecule has 0 aliphatic heterocycles. The zero-order chi connectivity index (χ0) is 23.0. The Morgan fingerprint density at radius 2 is 1.55 bits per heavy atom. The molecule has 1 amide bonds. The molecular weight excluding hydrogens is 422 g/mol. The van der Waals surface area contributed by atoms with Gasteiger partial charge in [-0.2, -0.15) is 0 Å². The van der Waals surface area contributed by atoms with E-state index in [0.717, 1.165) is 9.75 Å². The topological polar surface area (TPSA) is 100 Å². The zero-order valence-electron chi connectivity index (χ0n) is 18.3. The average Bonchev–Trinajstić information content (AvgIpc) is 3.11. The van der Waals surface area contributed by atoms with Crippen molar-refractivity contribution in [2.45, 2.75) is 33.2 Å². The molecule has 0 atom stereocenters. The maximum atomic E-state index is 12.2. The number of benzene rings is 1. The van der Waals surface area contributed by atoms with Crippen LogP contribution in [0.4, 0.5) is 0 Å². The summed E-state index contributed by atoms with van der Waals surface area (Å²) in [5.74, 6) is 0.347. The van der Waals surface area contributed by atoms with Crippen molar-refractivity contribution < 1.29 is 33.3 Å². The van der Waals surface area contributed by atoms with Crippen molar-refractivity contribution in [2.75, 3.05) is 27.9 Å². The van der Waals surface area contributed by atoms with Gasteiger partial charge in [-0.25, -0.2) is 0 Å². The van der Waals surface area contributed by atoms with Gasteiger partial charge in [0.25, 0.3) is 5.91 Å². The van der Waals surface area contributed by atoms with Gasteiger partial charge in [0.05, 0.1) is 27.8 Å². The minimum atomic E-state index is -0.600. The Balaban J connectivity index is 1.81. The van der Waals surface area contributed by atoms with Crippen molar-refractivity contribution >= 4 is 29.0 Å². The summed E-state index contributed by atoms with van der Waals surface area (Å²) >= 11 is 1.54. The smallest absolute Gasteiger partial charge is 0.306 e. The lowest BCUT2D eigenvalue weighted by molar-refractivity contribution is -0.148. The quantitative estimate of drug-likeness (QED) is 0.415. The van der Waals surface area contributed by atoms with Crippen LogP contribution in [0.15, 0.2) is 18.2 Å². The highest BCUT2D eigenvalue weighted by Crippen LogP contribution is 2.34. The molecule has 0 aliphatic carbocycles. The monoisotopic (exact) mass is 449 g/mol. The summed E-state index contributed by atoms with van der Waals surface area (Å²) in [5, 5.41) is 2.66. The Morgan fingerprint density at radius 3 is 2.13 bits per heavy atom. The highest BCUT2D eigenvalue weighted by atomic mass is 32.1. The van der Waals surface area contributed by atoms with Crippen LogP contribution < -0.4 is 19.5 Å². The van der Waals surface area contributed by atoms with E-state index in [-0.39, 0.29) is 25.2 Å². The van der Waals surface area contributed by atoms with Crippen LogP contribution in [0.25, 0.3) is 0 Å². The second kappa shape index (κ2) is 11.4. The fraction of sp³-hybridized carbons (Fsp3) is 0.409. The van der Waals surface area contributed by atoms with Gasteiger partial charge >= 0.3 is 5.97 Å². The molecule has 0 aliphatic rings. The number of hydrogen-bond acceptors (Lipinski definition) is 8. The van der Waals surface area contributed by atoms with E-state index in [1.54, 1.807) is 23.5 Å². The molecule has 8 nitrogen and oxygen atoms in total. The molecule has 31 heavy (non-hydrogen) atoms. The number of rotatable bonds is 11. The van der Waals surface area contributed by atoms with Gasteiger partial charge in [-0.3, -0.25) is 14.4 Å². The van der Waals surface area contributed by atoms with Gasteiger partial charge in [-0.15, -0.1) is 11.3 Å². The van der Waals surface area contributed by atoms with Gasteiger partial charge in [0.1, 0.15) is 5.75 Å². The Hall–Kier alpha value is -3.07. The van der Waals surface area contributed by atoms with Crippen molar-refractivity contribution in [3.05, 3.63) is 39.1 Å². The van der Waals surface area contributed by atoms with Gasteiger partial charge in [-0.1, -0.05) is 0 Å². The molecule has 0 bridgehead atoms. The van der Waals surface area contributed by atoms with Crippen molar-refractivity contribution in [3.8, 4) is 17.2 Å². The number of esters is 1. The van der Waals surface area contributed by atoms with E-state index in [1.807, 2.05) is 19.9 Å². The van der Waals surface area contributed by atoms with Gasteiger partial charge in [0.15, 0.2) is 23.9 Å². The minimum absolute atomic E-state index is 0.0420. The number of ether oxygens (including phenoxy) is 4. The summed E-state index contributed by atoms with van der Waals surface area (Å²) in [6, 6.07) is 5.18. The van der Waals surface area contributed by atoms with E-state index in [9.17, 15) is 14.4 Å². The maximum absolute atomic E-state index is 12.2. The summed E-state index contributed by atoms with van der Waals surface area (Å²) in [6.45, 7) is 3.52. The van der Waals surface area contributed by atoms with Crippen LogP contribution in [0.1, 0.15) is 38.5 Å². The first-order chi connectivity index (χ1) is 14.8. The van der Waals surface area contributed by atoms with Gasteiger partial charge in [0, 0.05) is 39.9 Å². The van der Waals surface area contributed by atoms with Crippen molar-refractivity contribution in [2.24, 2.45) is 0 Å². The van der Waals surface area contributed by atoms with E-state index in [1.165, 1.54) is 21.3 Å². The first-order valence-electron chi connectivity index (χ1n) is 9.60. The molecular formula is C22H27NO7S. The Morgan fingerprint density at radius 1 is 0.903 bits per heavy atom. The van der Waals surface area contributed by atoms with Gasteiger partial charge < -0.3 is 24.3 Å². The molecule has 0 saturated heterocycles. The summed E-state index contributed by atoms with van der Waals surface area (Å²) in [4.78, 5) is 38.2. The number of carbonyl (C=O) groups is 3. The first kappa shape index (κ1) is 24.2. The lowest BCUT2D eigenvalue weighted by Gasteiger charge is -2.14. The second-order valence-corrected chi connectivity index (χ2v) is 8.17. The van der Waals surface area contributed by atoms with E-state index in [2.05, 4.69) is 5.32 Å². The molecule has 1 aromatic heterocycles. The number of hydrogen-bond donors (Lipinski definition) is 1. The lowest BCUT2D eigenvalue weighted by atomic mass is 10.1. The average molecular weight is 450 g/mol. The maximum Gasteiger partial charge on any atom is 0.306 e. The molecule has 0 unspecified atom stereocenters. The van der Waals surface area contributed by atoms with Crippen LogP contribution in [0, 0.1) is 13.8 Å². The van der Waals surface area contributed by atoms with E-state index in [0.29, 0.717) is 28.4 Å². The third-order valence-electron chi connectivity index (χ3n) is 4.52. The van der Waals surface area contributed by atoms with Crippen LogP contribution in [0.3, 0.4) is 0 Å². The molecule has 1 aromatic carbocycles. The molecule has 2 rings (SSSR count). The van der Waals surface area contributed by atoms with Crippen molar-refractivity contribution in [3.63, 3.8) is 0 Å². The molecule has 9 heteroatoms. The number of nitrogens with one attached hydrogen (secondary N) is 1. The number of Topliss-reactive ketones (excluding diaryl/α,β-unsaturated/α-hetero) is 1. The predicted octanol–water partition coefficient (Wildman–Crippen LogP) is 3.21. The highest BCUT2D eigenvalue weighted by Gasteiger charge is 2.16. The fourth-order valence-electron chi connectivity index (χ4n) is 2.95. The normalized spacial score (nSPS) is 10.4. The largest absolute Gasteiger partial charge is 0.496 e. The molecule has 1 heterocycles. The highest BCUT2D eigenvalue weighted by molar-refractivity contribution is 7.12. The van der Waals surface area contributed by atoms with Crippen LogP contribution in [-0.2, 0) is 20.9 Å². The number of ketones is 1. The second-order valence-electron chi connectivity index (χ2n) is 6.71. The van der Waals surface area contributed by atoms with E-state index >= 15 is 0 Å². The number of amides is 1. The van der Waals surface area contributed by atoms with Crippen LogP contribution in [0.5, 0.6) is 17.2 Å². The number of thiophene rings is 1. The molecule has 0 spiro atoms. The fourth-order valence-corrected chi connectivity index (χ4v) is 3.89. The molecule has 0 saturated carbocycles. The summed E-state index contributed by atoms with van der Waals surface area (Å²) in [6.07, 6.45) is -0.0374. The van der Waals surface area contributed by atoms with Crippen molar-refractivity contribution in [1.29, 1.82) is 0 Å². The summed E-state index contributed by atoms with van der Waals surface area (Å²) < 4.78 is 20.8. The van der Waals surface area contributed by atoms with Gasteiger partial charge in [-0.05, 0) is 26.0 Å². The van der Waals surface area contributed by atoms with Crippen LogP contribution in [-0.4, -0.2) is 45.6 Å². The SMILES string of the molecule is COc1cc(OC)c(OC)cc1CNC(=O)COC(=O)CCC(=O)c1cc(C)sc1C. The molecule has 1 N–H and O–H groups in total. The zero-order valence-corrected chi connectivity index (χ0v) is 19.1. The first-order valence-corrected chi connectivity index (χ1v) is 10.4. The number of carbonyl (C=O) groups excluding carboxylic acids is 3. The molecule has 0 radical (unpaired) electrons. The lowest BCUT2D eigenvalue weighted by Crippen LogP contribution is -2.28. The van der Waals surface area contributed by atoms with E-state index < -0.39 is 18.5 Å². The Kier molecular flexibility index (Phi) is 8.87. The summed E-state index contributed by atoms with van der Waals surface area (Å²) in [7, 11) is 4.54. The number of aryl methyl sites for hydroxylation is 2. The minimum Gasteiger partial charge on any atom is -0.496 e. The molecule has 2 aromatic rings. The van der Waals surface area contributed by atoms with Crippen molar-refractivity contribution in [1.82, 2.24) is 5.32 Å².